The quantitative estimate of drug-likeness (QED) is 0.601. The molecule has 1 aromatic heterocycles. The van der Waals surface area contributed by atoms with Gasteiger partial charge < -0.3 is 10.4 Å². The minimum Gasteiger partial charge on any atom is -0.387 e. The molecule has 0 saturated carbocycles. The van der Waals surface area contributed by atoms with Crippen molar-refractivity contribution in [2.24, 2.45) is 5.92 Å². The summed E-state index contributed by atoms with van der Waals surface area (Å²) in [6, 6.07) is 10.00. The van der Waals surface area contributed by atoms with E-state index in [1.165, 1.54) is 12.1 Å². The zero-order valence-electron chi connectivity index (χ0n) is 14.1. The van der Waals surface area contributed by atoms with Gasteiger partial charge in [-0.25, -0.2) is 0 Å². The second-order valence-electron chi connectivity index (χ2n) is 6.20. The van der Waals surface area contributed by atoms with Crippen molar-refractivity contribution in [3.05, 3.63) is 69.5 Å². The Morgan fingerprint density at radius 1 is 1.29 bits per heavy atom. The zero-order chi connectivity index (χ0) is 17.7. The number of rotatable bonds is 7. The molecule has 6 heteroatoms. The number of nitro groups is 1. The van der Waals surface area contributed by atoms with Gasteiger partial charge in [0.05, 0.1) is 22.8 Å². The zero-order valence-corrected chi connectivity index (χ0v) is 14.1. The summed E-state index contributed by atoms with van der Waals surface area (Å²) in [5, 5.41) is 24.6. The highest BCUT2D eigenvalue weighted by molar-refractivity contribution is 5.35. The van der Waals surface area contributed by atoms with Crippen molar-refractivity contribution >= 4 is 5.69 Å². The van der Waals surface area contributed by atoms with Crippen LogP contribution < -0.4 is 5.32 Å². The second kappa shape index (κ2) is 7.99. The molecule has 0 aliphatic carbocycles. The van der Waals surface area contributed by atoms with E-state index in [1.54, 1.807) is 18.3 Å². The molecule has 2 rings (SSSR count). The predicted octanol–water partition coefficient (Wildman–Crippen LogP) is 3.32. The molecule has 2 unspecified atom stereocenters. The molecule has 6 nitrogen and oxygen atoms in total. The number of nitro benzene ring substituents is 1. The molecule has 0 bridgehead atoms. The van der Waals surface area contributed by atoms with Crippen LogP contribution in [0.3, 0.4) is 0 Å². The first-order chi connectivity index (χ1) is 11.4. The fourth-order valence-corrected chi connectivity index (χ4v) is 2.67. The van der Waals surface area contributed by atoms with Gasteiger partial charge in [0.15, 0.2) is 0 Å². The monoisotopic (exact) mass is 329 g/mol. The Morgan fingerprint density at radius 3 is 2.67 bits per heavy atom. The molecule has 0 spiro atoms. The maximum absolute atomic E-state index is 10.9. The van der Waals surface area contributed by atoms with Crippen LogP contribution in [0.1, 0.15) is 42.8 Å². The van der Waals surface area contributed by atoms with Crippen molar-refractivity contribution < 1.29 is 10.0 Å². The van der Waals surface area contributed by atoms with E-state index >= 15 is 0 Å². The van der Waals surface area contributed by atoms with Gasteiger partial charge in [0.2, 0.25) is 0 Å². The van der Waals surface area contributed by atoms with Crippen molar-refractivity contribution in [1.29, 1.82) is 0 Å². The Labute approximate surface area is 141 Å². The Balaban J connectivity index is 2.11. The molecule has 0 aliphatic heterocycles. The Bertz CT molecular complexity index is 703. The smallest absolute Gasteiger partial charge is 0.269 e. The fourth-order valence-electron chi connectivity index (χ4n) is 2.67. The molecular formula is C18H23N3O3. The van der Waals surface area contributed by atoms with Gasteiger partial charge in [-0.2, -0.15) is 0 Å². The number of nitrogens with zero attached hydrogens (tertiary/aromatic N) is 2. The predicted molar refractivity (Wildman–Crippen MR) is 92.6 cm³/mol. The number of hydrogen-bond acceptors (Lipinski definition) is 5. The Kier molecular flexibility index (Phi) is 6.00. The molecule has 2 N–H and O–H groups in total. The molecule has 128 valence electrons. The van der Waals surface area contributed by atoms with E-state index in [0.717, 1.165) is 11.3 Å². The standard InChI is InChI=1S/C18H23N3O3/c1-12(2)17(18-13(3)6-5-9-19-18)20-11-16(22)14-7-4-8-15(10-14)21(23)24/h4-10,12,16-17,20,22H,11H2,1-3H3. The molecule has 0 amide bonds. The topological polar surface area (TPSA) is 88.3 Å². The SMILES string of the molecule is Cc1cccnc1C(NCC(O)c1cccc([N+](=O)[O-])c1)C(C)C. The van der Waals surface area contributed by atoms with Gasteiger partial charge in [-0.3, -0.25) is 15.1 Å². The van der Waals surface area contributed by atoms with Crippen LogP contribution in [0.25, 0.3) is 0 Å². The van der Waals surface area contributed by atoms with Crippen LogP contribution in [0.15, 0.2) is 42.6 Å². The third-order valence-corrected chi connectivity index (χ3v) is 4.01. The van der Waals surface area contributed by atoms with Crippen molar-refractivity contribution in [1.82, 2.24) is 10.3 Å². The number of nitrogens with one attached hydrogen (secondary N) is 1. The number of aromatic nitrogens is 1. The number of pyridine rings is 1. The van der Waals surface area contributed by atoms with Crippen LogP contribution in [0.5, 0.6) is 0 Å². The molecule has 1 aromatic carbocycles. The fraction of sp³-hybridized carbons (Fsp3) is 0.389. The summed E-state index contributed by atoms with van der Waals surface area (Å²) in [6.07, 6.45) is 0.936. The summed E-state index contributed by atoms with van der Waals surface area (Å²) in [5.41, 5.74) is 2.55. The van der Waals surface area contributed by atoms with E-state index in [9.17, 15) is 15.2 Å². The first kappa shape index (κ1) is 18.0. The lowest BCUT2D eigenvalue weighted by Crippen LogP contribution is -2.31. The van der Waals surface area contributed by atoms with Crippen LogP contribution in [0, 0.1) is 23.0 Å². The minimum absolute atomic E-state index is 0.000418. The maximum atomic E-state index is 10.9. The first-order valence-corrected chi connectivity index (χ1v) is 7.97. The summed E-state index contributed by atoms with van der Waals surface area (Å²) in [7, 11) is 0. The van der Waals surface area contributed by atoms with E-state index in [-0.39, 0.29) is 17.6 Å². The average molecular weight is 329 g/mol. The molecule has 0 fully saturated rings. The normalized spacial score (nSPS) is 13.7. The van der Waals surface area contributed by atoms with Crippen LogP contribution in [-0.4, -0.2) is 21.6 Å². The molecule has 2 atom stereocenters. The third-order valence-electron chi connectivity index (χ3n) is 4.01. The van der Waals surface area contributed by atoms with Crippen molar-refractivity contribution in [2.75, 3.05) is 6.54 Å². The van der Waals surface area contributed by atoms with Gasteiger partial charge in [0.1, 0.15) is 0 Å². The maximum Gasteiger partial charge on any atom is 0.269 e. The van der Waals surface area contributed by atoms with E-state index < -0.39 is 11.0 Å². The number of benzene rings is 1. The first-order valence-electron chi connectivity index (χ1n) is 7.97. The molecule has 0 aliphatic rings. The highest BCUT2D eigenvalue weighted by atomic mass is 16.6. The second-order valence-corrected chi connectivity index (χ2v) is 6.20. The van der Waals surface area contributed by atoms with Crippen LogP contribution >= 0.6 is 0 Å². The number of aliphatic hydroxyl groups excluding tert-OH is 1. The van der Waals surface area contributed by atoms with Crippen molar-refractivity contribution in [2.45, 2.75) is 32.9 Å². The summed E-state index contributed by atoms with van der Waals surface area (Å²) in [4.78, 5) is 14.8. The largest absolute Gasteiger partial charge is 0.387 e. The van der Waals surface area contributed by atoms with Crippen molar-refractivity contribution in [3.63, 3.8) is 0 Å². The lowest BCUT2D eigenvalue weighted by atomic mass is 9.96. The molecule has 1 heterocycles. The summed E-state index contributed by atoms with van der Waals surface area (Å²) < 4.78 is 0. The molecule has 2 aromatic rings. The van der Waals surface area contributed by atoms with E-state index in [1.807, 2.05) is 19.1 Å². The number of aliphatic hydroxyl groups is 1. The highest BCUT2D eigenvalue weighted by Gasteiger charge is 2.20. The van der Waals surface area contributed by atoms with Gasteiger partial charge in [0, 0.05) is 24.9 Å². The van der Waals surface area contributed by atoms with E-state index in [4.69, 9.17) is 0 Å². The number of non-ortho nitro benzene ring substituents is 1. The van der Waals surface area contributed by atoms with Gasteiger partial charge in [-0.1, -0.05) is 32.0 Å². The summed E-state index contributed by atoms with van der Waals surface area (Å²) in [6.45, 7) is 6.48. The molecule has 24 heavy (non-hydrogen) atoms. The Morgan fingerprint density at radius 2 is 2.04 bits per heavy atom. The van der Waals surface area contributed by atoms with Crippen LogP contribution in [0.4, 0.5) is 5.69 Å². The van der Waals surface area contributed by atoms with Gasteiger partial charge in [0.25, 0.3) is 5.69 Å². The summed E-state index contributed by atoms with van der Waals surface area (Å²) in [5.74, 6) is 0.288. The number of aryl methyl sites for hydroxylation is 1. The van der Waals surface area contributed by atoms with E-state index in [0.29, 0.717) is 12.1 Å². The lowest BCUT2D eigenvalue weighted by Gasteiger charge is -2.25. The number of hydrogen-bond donors (Lipinski definition) is 2. The molecular weight excluding hydrogens is 306 g/mol. The highest BCUT2D eigenvalue weighted by Crippen LogP contribution is 2.24. The lowest BCUT2D eigenvalue weighted by molar-refractivity contribution is -0.385. The van der Waals surface area contributed by atoms with E-state index in [2.05, 4.69) is 24.1 Å². The average Bonchev–Trinajstić information content (AvgIpc) is 2.56. The third kappa shape index (κ3) is 4.37. The summed E-state index contributed by atoms with van der Waals surface area (Å²) >= 11 is 0. The van der Waals surface area contributed by atoms with Gasteiger partial charge >= 0.3 is 0 Å². The molecule has 0 radical (unpaired) electrons. The minimum atomic E-state index is -0.824. The van der Waals surface area contributed by atoms with Crippen LogP contribution in [0.2, 0.25) is 0 Å². The Hall–Kier alpha value is -2.31. The molecule has 0 saturated heterocycles. The van der Waals surface area contributed by atoms with Crippen LogP contribution in [-0.2, 0) is 0 Å². The van der Waals surface area contributed by atoms with Crippen molar-refractivity contribution in [3.8, 4) is 0 Å². The van der Waals surface area contributed by atoms with Gasteiger partial charge in [-0.05, 0) is 30.0 Å². The van der Waals surface area contributed by atoms with Gasteiger partial charge in [-0.15, -0.1) is 0 Å².